The van der Waals surface area contributed by atoms with Gasteiger partial charge < -0.3 is 9.73 Å². The predicted molar refractivity (Wildman–Crippen MR) is 64.4 cm³/mol. The van der Waals surface area contributed by atoms with E-state index >= 15 is 0 Å². The van der Waals surface area contributed by atoms with Crippen LogP contribution in [0.2, 0.25) is 0 Å². The Morgan fingerprint density at radius 3 is 3.00 bits per heavy atom. The van der Waals surface area contributed by atoms with Crippen LogP contribution in [0.3, 0.4) is 0 Å². The van der Waals surface area contributed by atoms with E-state index < -0.39 is 0 Å². The van der Waals surface area contributed by atoms with Crippen LogP contribution in [0.4, 0.5) is 0 Å². The number of aryl methyl sites for hydroxylation is 1. The maximum absolute atomic E-state index is 11.7. The lowest BCUT2D eigenvalue weighted by atomic mass is 10.3. The zero-order chi connectivity index (χ0) is 11.5. The monoisotopic (exact) mass is 300 g/mol. The summed E-state index contributed by atoms with van der Waals surface area (Å²) in [6.45, 7) is 2.23. The molecule has 2 heterocycles. The lowest BCUT2D eigenvalue weighted by Gasteiger charge is -2.00. The summed E-state index contributed by atoms with van der Waals surface area (Å²) in [6, 6.07) is 3.91. The van der Waals surface area contributed by atoms with Crippen LogP contribution in [0.15, 0.2) is 26.7 Å². The summed E-state index contributed by atoms with van der Waals surface area (Å²) >= 11 is 4.95. The summed E-state index contributed by atoms with van der Waals surface area (Å²) in [5.41, 5.74) is 0.602. The molecule has 0 aliphatic carbocycles. The third-order valence-corrected chi connectivity index (χ3v) is 3.63. The molecule has 2 aromatic rings. The maximum atomic E-state index is 11.7. The van der Waals surface area contributed by atoms with Gasteiger partial charge in [0, 0.05) is 4.88 Å². The first-order valence-electron chi connectivity index (χ1n) is 4.59. The van der Waals surface area contributed by atoms with E-state index in [1.54, 1.807) is 18.3 Å². The summed E-state index contributed by atoms with van der Waals surface area (Å²) in [4.78, 5) is 16.6. The standard InChI is InChI=1S/C10H9BrN2O2S/c1-6-9(15-5-13-6)10(14)12-4-7-2-3-8(11)16-7/h2-3,5H,4H2,1H3,(H,12,14). The zero-order valence-corrected chi connectivity index (χ0v) is 10.9. The van der Waals surface area contributed by atoms with Gasteiger partial charge in [0.2, 0.25) is 5.76 Å². The molecule has 0 bridgehead atoms. The van der Waals surface area contributed by atoms with Gasteiger partial charge in [-0.3, -0.25) is 4.79 Å². The minimum atomic E-state index is -0.237. The highest BCUT2D eigenvalue weighted by atomic mass is 79.9. The van der Waals surface area contributed by atoms with Crippen molar-refractivity contribution < 1.29 is 9.21 Å². The lowest BCUT2D eigenvalue weighted by Crippen LogP contribution is -2.22. The number of hydrogen-bond donors (Lipinski definition) is 1. The predicted octanol–water partition coefficient (Wildman–Crippen LogP) is 2.74. The van der Waals surface area contributed by atoms with Gasteiger partial charge in [-0.1, -0.05) is 0 Å². The molecule has 0 saturated heterocycles. The number of amides is 1. The molecule has 84 valence electrons. The van der Waals surface area contributed by atoms with Gasteiger partial charge in [-0.2, -0.15) is 0 Å². The van der Waals surface area contributed by atoms with E-state index in [9.17, 15) is 4.79 Å². The molecule has 0 atom stereocenters. The van der Waals surface area contributed by atoms with Crippen LogP contribution in [0.5, 0.6) is 0 Å². The van der Waals surface area contributed by atoms with Crippen molar-refractivity contribution in [2.75, 3.05) is 0 Å². The molecule has 6 heteroatoms. The van der Waals surface area contributed by atoms with Gasteiger partial charge in [0.15, 0.2) is 6.39 Å². The Kier molecular flexibility index (Phi) is 3.40. The summed E-state index contributed by atoms with van der Waals surface area (Å²) < 4.78 is 6.04. The topological polar surface area (TPSA) is 55.1 Å². The van der Waals surface area contributed by atoms with Crippen LogP contribution in [-0.4, -0.2) is 10.9 Å². The van der Waals surface area contributed by atoms with Crippen molar-refractivity contribution in [3.63, 3.8) is 0 Å². The molecule has 2 aromatic heterocycles. The Morgan fingerprint density at radius 2 is 2.44 bits per heavy atom. The fourth-order valence-corrected chi connectivity index (χ4v) is 2.64. The number of aromatic nitrogens is 1. The van der Waals surface area contributed by atoms with Crippen molar-refractivity contribution in [3.05, 3.63) is 38.6 Å². The van der Waals surface area contributed by atoms with Crippen LogP contribution in [0.25, 0.3) is 0 Å². The highest BCUT2D eigenvalue weighted by Crippen LogP contribution is 2.21. The average Bonchev–Trinajstić information content (AvgIpc) is 2.84. The van der Waals surface area contributed by atoms with Crippen LogP contribution >= 0.6 is 27.3 Å². The van der Waals surface area contributed by atoms with Gasteiger partial charge in [-0.15, -0.1) is 11.3 Å². The van der Waals surface area contributed by atoms with Crippen molar-refractivity contribution in [1.82, 2.24) is 10.3 Å². The number of rotatable bonds is 3. The van der Waals surface area contributed by atoms with Crippen molar-refractivity contribution in [3.8, 4) is 0 Å². The van der Waals surface area contributed by atoms with E-state index in [2.05, 4.69) is 26.2 Å². The van der Waals surface area contributed by atoms with E-state index in [-0.39, 0.29) is 11.7 Å². The quantitative estimate of drug-likeness (QED) is 0.948. The molecule has 4 nitrogen and oxygen atoms in total. The van der Waals surface area contributed by atoms with Crippen LogP contribution < -0.4 is 5.32 Å². The maximum Gasteiger partial charge on any atom is 0.289 e. The molecule has 0 aliphatic heterocycles. The number of hydrogen-bond acceptors (Lipinski definition) is 4. The van der Waals surface area contributed by atoms with E-state index in [4.69, 9.17) is 4.42 Å². The van der Waals surface area contributed by atoms with Crippen molar-refractivity contribution in [2.45, 2.75) is 13.5 Å². The molecule has 1 amide bonds. The molecule has 0 fully saturated rings. The van der Waals surface area contributed by atoms with Crippen LogP contribution in [-0.2, 0) is 6.54 Å². The second-order valence-corrected chi connectivity index (χ2v) is 5.70. The van der Waals surface area contributed by atoms with E-state index in [1.807, 2.05) is 12.1 Å². The Hall–Kier alpha value is -1.14. The highest BCUT2D eigenvalue weighted by Gasteiger charge is 2.13. The van der Waals surface area contributed by atoms with Gasteiger partial charge in [0.05, 0.1) is 16.0 Å². The normalized spacial score (nSPS) is 10.4. The first-order valence-corrected chi connectivity index (χ1v) is 6.20. The fourth-order valence-electron chi connectivity index (χ4n) is 1.21. The lowest BCUT2D eigenvalue weighted by molar-refractivity contribution is 0.0922. The molecule has 0 spiro atoms. The SMILES string of the molecule is Cc1ncoc1C(=O)NCc1ccc(Br)s1. The largest absolute Gasteiger partial charge is 0.438 e. The molecule has 0 radical (unpaired) electrons. The zero-order valence-electron chi connectivity index (χ0n) is 8.49. The number of oxazole rings is 1. The number of carbonyl (C=O) groups is 1. The molecule has 1 N–H and O–H groups in total. The summed E-state index contributed by atoms with van der Waals surface area (Å²) in [5, 5.41) is 2.77. The third kappa shape index (κ3) is 2.51. The number of nitrogens with zero attached hydrogens (tertiary/aromatic N) is 1. The van der Waals surface area contributed by atoms with Gasteiger partial charge >= 0.3 is 0 Å². The summed E-state index contributed by atoms with van der Waals surface area (Å²) in [7, 11) is 0. The van der Waals surface area contributed by atoms with Crippen molar-refractivity contribution >= 4 is 33.2 Å². The molecule has 16 heavy (non-hydrogen) atoms. The van der Waals surface area contributed by atoms with Gasteiger partial charge in [0.25, 0.3) is 5.91 Å². The van der Waals surface area contributed by atoms with Crippen molar-refractivity contribution in [2.24, 2.45) is 0 Å². The van der Waals surface area contributed by atoms with E-state index in [0.717, 1.165) is 8.66 Å². The van der Waals surface area contributed by atoms with E-state index in [1.165, 1.54) is 6.39 Å². The van der Waals surface area contributed by atoms with Gasteiger partial charge in [-0.05, 0) is 35.0 Å². The minimum Gasteiger partial charge on any atom is -0.438 e. The number of nitrogens with one attached hydrogen (secondary N) is 1. The number of thiophene rings is 1. The summed E-state index contributed by atoms with van der Waals surface area (Å²) in [6.07, 6.45) is 1.27. The smallest absolute Gasteiger partial charge is 0.289 e. The van der Waals surface area contributed by atoms with Crippen LogP contribution in [0.1, 0.15) is 21.1 Å². The fraction of sp³-hybridized carbons (Fsp3) is 0.200. The molecular weight excluding hydrogens is 292 g/mol. The Balaban J connectivity index is 1.96. The van der Waals surface area contributed by atoms with E-state index in [0.29, 0.717) is 12.2 Å². The first kappa shape index (κ1) is 11.3. The molecule has 0 unspecified atom stereocenters. The molecule has 0 saturated carbocycles. The minimum absolute atomic E-state index is 0.237. The number of halogens is 1. The molecule has 0 aromatic carbocycles. The second kappa shape index (κ2) is 4.80. The van der Waals surface area contributed by atoms with Gasteiger partial charge in [0.1, 0.15) is 0 Å². The Morgan fingerprint density at radius 1 is 1.62 bits per heavy atom. The molecule has 2 rings (SSSR count). The molecule has 0 aliphatic rings. The molecular formula is C10H9BrN2O2S. The number of carbonyl (C=O) groups excluding carboxylic acids is 1. The second-order valence-electron chi connectivity index (χ2n) is 3.16. The third-order valence-electron chi connectivity index (χ3n) is 2.00. The Bertz CT molecular complexity index is 506. The van der Waals surface area contributed by atoms with Gasteiger partial charge in [-0.25, -0.2) is 4.98 Å². The highest BCUT2D eigenvalue weighted by molar-refractivity contribution is 9.11. The Labute approximate surface area is 105 Å². The van der Waals surface area contributed by atoms with Crippen molar-refractivity contribution in [1.29, 1.82) is 0 Å². The summed E-state index contributed by atoms with van der Waals surface area (Å²) in [5.74, 6) is 0.0372. The van der Waals surface area contributed by atoms with Crippen LogP contribution in [0, 0.1) is 6.92 Å². The first-order chi connectivity index (χ1) is 7.66. The average molecular weight is 301 g/mol.